The van der Waals surface area contributed by atoms with Crippen LogP contribution in [0.5, 0.6) is 0 Å². The molecule has 4 N–H and O–H groups in total. The highest BCUT2D eigenvalue weighted by Crippen LogP contribution is 2.20. The third-order valence-corrected chi connectivity index (χ3v) is 3.16. The van der Waals surface area contributed by atoms with Gasteiger partial charge in [-0.15, -0.1) is 0 Å². The molecule has 1 unspecified atom stereocenters. The van der Waals surface area contributed by atoms with E-state index in [0.717, 1.165) is 12.8 Å². The van der Waals surface area contributed by atoms with Gasteiger partial charge in [0.05, 0.1) is 6.04 Å². The van der Waals surface area contributed by atoms with Crippen molar-refractivity contribution >= 4 is 5.91 Å². The fourth-order valence-corrected chi connectivity index (χ4v) is 2.20. The number of nitrogens with two attached hydrogens (primary N) is 1. The molecule has 0 bridgehead atoms. The maximum atomic E-state index is 11.9. The van der Waals surface area contributed by atoms with Crippen LogP contribution in [-0.4, -0.2) is 27.1 Å². The summed E-state index contributed by atoms with van der Waals surface area (Å²) >= 11 is 0. The summed E-state index contributed by atoms with van der Waals surface area (Å²) in [4.78, 5) is 16.0. The Morgan fingerprint density at radius 3 is 3.06 bits per heavy atom. The van der Waals surface area contributed by atoms with Crippen LogP contribution in [0.25, 0.3) is 0 Å². The average molecular weight is 249 g/mol. The Kier molecular flexibility index (Phi) is 4.09. The smallest absolute Gasteiger partial charge is 0.221 e. The molecule has 3 atom stereocenters. The highest BCUT2D eigenvalue weighted by atomic mass is 16.1. The predicted molar refractivity (Wildman–Crippen MR) is 67.4 cm³/mol. The van der Waals surface area contributed by atoms with Crippen molar-refractivity contribution in [3.8, 4) is 0 Å². The molecular formula is C12H19N5O. The number of rotatable bonds is 5. The lowest BCUT2D eigenvalue weighted by atomic mass is 10.0. The molecule has 2 rings (SSSR count). The van der Waals surface area contributed by atoms with Crippen molar-refractivity contribution in [3.63, 3.8) is 0 Å². The van der Waals surface area contributed by atoms with Crippen molar-refractivity contribution < 1.29 is 4.79 Å². The molecule has 0 spiro atoms. The normalized spacial score (nSPS) is 24.1. The van der Waals surface area contributed by atoms with E-state index in [1.54, 1.807) is 0 Å². The van der Waals surface area contributed by atoms with Crippen LogP contribution < -0.4 is 11.1 Å². The summed E-state index contributed by atoms with van der Waals surface area (Å²) in [5.41, 5.74) is 5.76. The zero-order valence-electron chi connectivity index (χ0n) is 10.5. The summed E-state index contributed by atoms with van der Waals surface area (Å²) in [5, 5.41) is 9.54. The number of aromatic nitrogens is 3. The number of hydrogen-bond donors (Lipinski definition) is 3. The minimum Gasteiger partial charge on any atom is -0.346 e. The van der Waals surface area contributed by atoms with E-state index in [0.29, 0.717) is 12.2 Å². The summed E-state index contributed by atoms with van der Waals surface area (Å²) in [7, 11) is 0. The van der Waals surface area contributed by atoms with Crippen molar-refractivity contribution in [3.05, 3.63) is 24.3 Å². The van der Waals surface area contributed by atoms with Crippen LogP contribution in [0.4, 0.5) is 0 Å². The Bertz CT molecular complexity index is 414. The topological polar surface area (TPSA) is 96.7 Å². The standard InChI is InChI=1S/C12H19N5O/c1-2-10(12-14-7-15-17-12)16-11(18)6-8-3-4-9(13)5-8/h3-4,7-10H,2,5-6,13H2,1H3,(H,16,18)(H,14,15,17)/t8-,9+,10?/m1/s1. The minimum atomic E-state index is -0.0981. The van der Waals surface area contributed by atoms with E-state index < -0.39 is 0 Å². The molecule has 6 heteroatoms. The van der Waals surface area contributed by atoms with Gasteiger partial charge >= 0.3 is 0 Å². The Hall–Kier alpha value is -1.69. The maximum absolute atomic E-state index is 11.9. The highest BCUT2D eigenvalue weighted by Gasteiger charge is 2.21. The number of H-pyrrole nitrogens is 1. The van der Waals surface area contributed by atoms with Crippen LogP contribution >= 0.6 is 0 Å². The van der Waals surface area contributed by atoms with Crippen LogP contribution in [0.15, 0.2) is 18.5 Å². The molecule has 1 aromatic heterocycles. The number of carbonyl (C=O) groups excluding carboxylic acids is 1. The molecule has 1 aliphatic carbocycles. The highest BCUT2D eigenvalue weighted by molar-refractivity contribution is 5.76. The van der Waals surface area contributed by atoms with E-state index in [2.05, 4.69) is 20.5 Å². The lowest BCUT2D eigenvalue weighted by Gasteiger charge is -2.16. The molecule has 0 saturated carbocycles. The zero-order chi connectivity index (χ0) is 13.0. The molecule has 1 aliphatic rings. The largest absolute Gasteiger partial charge is 0.346 e. The van der Waals surface area contributed by atoms with Crippen molar-refractivity contribution in [1.29, 1.82) is 0 Å². The lowest BCUT2D eigenvalue weighted by Crippen LogP contribution is -2.30. The fourth-order valence-electron chi connectivity index (χ4n) is 2.20. The van der Waals surface area contributed by atoms with Gasteiger partial charge in [0.1, 0.15) is 12.2 Å². The van der Waals surface area contributed by atoms with Gasteiger partial charge in [0.2, 0.25) is 5.91 Å². The van der Waals surface area contributed by atoms with E-state index in [4.69, 9.17) is 5.73 Å². The first-order chi connectivity index (χ1) is 8.69. The zero-order valence-corrected chi connectivity index (χ0v) is 10.5. The SMILES string of the molecule is CCC(NC(=O)C[C@@H]1C=C[C@H](N)C1)c1ncn[nH]1. The van der Waals surface area contributed by atoms with E-state index in [1.165, 1.54) is 6.33 Å². The Morgan fingerprint density at radius 1 is 1.67 bits per heavy atom. The van der Waals surface area contributed by atoms with Gasteiger partial charge < -0.3 is 11.1 Å². The van der Waals surface area contributed by atoms with Crippen LogP contribution in [0.3, 0.4) is 0 Å². The maximum Gasteiger partial charge on any atom is 0.221 e. The molecule has 0 radical (unpaired) electrons. The number of allylic oxidation sites excluding steroid dienone is 1. The molecule has 6 nitrogen and oxygen atoms in total. The Balaban J connectivity index is 1.85. The molecular weight excluding hydrogens is 230 g/mol. The van der Waals surface area contributed by atoms with Crippen molar-refractivity contribution in [1.82, 2.24) is 20.5 Å². The molecule has 1 heterocycles. The van der Waals surface area contributed by atoms with E-state index in [9.17, 15) is 4.79 Å². The van der Waals surface area contributed by atoms with Crippen molar-refractivity contribution in [2.24, 2.45) is 11.7 Å². The van der Waals surface area contributed by atoms with Crippen LogP contribution in [0.1, 0.15) is 38.1 Å². The molecule has 98 valence electrons. The Labute approximate surface area is 106 Å². The quantitative estimate of drug-likeness (QED) is 0.668. The van der Waals surface area contributed by atoms with Gasteiger partial charge in [-0.05, 0) is 18.8 Å². The average Bonchev–Trinajstić information content (AvgIpc) is 2.98. The Morgan fingerprint density at radius 2 is 2.50 bits per heavy atom. The van der Waals surface area contributed by atoms with E-state index >= 15 is 0 Å². The van der Waals surface area contributed by atoms with Gasteiger partial charge in [0.15, 0.2) is 0 Å². The van der Waals surface area contributed by atoms with Gasteiger partial charge in [-0.3, -0.25) is 9.89 Å². The molecule has 18 heavy (non-hydrogen) atoms. The molecule has 0 fully saturated rings. The van der Waals surface area contributed by atoms with Gasteiger partial charge in [-0.2, -0.15) is 5.10 Å². The second-order valence-corrected chi connectivity index (χ2v) is 4.65. The lowest BCUT2D eigenvalue weighted by molar-refractivity contribution is -0.122. The predicted octanol–water partition coefficient (Wildman–Crippen LogP) is 0.666. The van der Waals surface area contributed by atoms with Gasteiger partial charge in [-0.1, -0.05) is 19.1 Å². The molecule has 0 saturated heterocycles. The van der Waals surface area contributed by atoms with Gasteiger partial charge in [-0.25, -0.2) is 4.98 Å². The van der Waals surface area contributed by atoms with Crippen molar-refractivity contribution in [2.75, 3.05) is 0 Å². The summed E-state index contributed by atoms with van der Waals surface area (Å²) in [6.07, 6.45) is 7.55. The van der Waals surface area contributed by atoms with E-state index in [1.807, 2.05) is 19.1 Å². The summed E-state index contributed by atoms with van der Waals surface area (Å²) in [6, 6.07) is -0.00176. The third-order valence-electron chi connectivity index (χ3n) is 3.16. The second kappa shape index (κ2) is 5.77. The first-order valence-corrected chi connectivity index (χ1v) is 6.27. The van der Waals surface area contributed by atoms with Crippen LogP contribution in [0, 0.1) is 5.92 Å². The first kappa shape index (κ1) is 12.8. The van der Waals surface area contributed by atoms with Gasteiger partial charge in [0, 0.05) is 12.5 Å². The number of nitrogens with zero attached hydrogens (tertiary/aromatic N) is 2. The number of carbonyl (C=O) groups is 1. The monoisotopic (exact) mass is 249 g/mol. The van der Waals surface area contributed by atoms with E-state index in [-0.39, 0.29) is 23.9 Å². The molecule has 1 amide bonds. The second-order valence-electron chi connectivity index (χ2n) is 4.65. The van der Waals surface area contributed by atoms with Crippen molar-refractivity contribution in [2.45, 2.75) is 38.3 Å². The minimum absolute atomic E-state index is 0.0296. The van der Waals surface area contributed by atoms with Crippen LogP contribution in [-0.2, 0) is 4.79 Å². The van der Waals surface area contributed by atoms with Gasteiger partial charge in [0.25, 0.3) is 0 Å². The third kappa shape index (κ3) is 3.16. The number of nitrogens with one attached hydrogen (secondary N) is 2. The first-order valence-electron chi connectivity index (χ1n) is 6.27. The summed E-state index contributed by atoms with van der Waals surface area (Å²) < 4.78 is 0. The number of aromatic amines is 1. The molecule has 0 aromatic carbocycles. The summed E-state index contributed by atoms with van der Waals surface area (Å²) in [5.74, 6) is 0.985. The molecule has 0 aliphatic heterocycles. The number of amides is 1. The fraction of sp³-hybridized carbons (Fsp3) is 0.583. The summed E-state index contributed by atoms with van der Waals surface area (Å²) in [6.45, 7) is 2.00. The number of hydrogen-bond acceptors (Lipinski definition) is 4. The molecule has 1 aromatic rings. The van der Waals surface area contributed by atoms with Crippen LogP contribution in [0.2, 0.25) is 0 Å².